The maximum atomic E-state index is 12.4. The fraction of sp³-hybridized carbons (Fsp3) is 0.222. The second-order valence-electron chi connectivity index (χ2n) is 5.79. The van der Waals surface area contributed by atoms with Crippen molar-refractivity contribution in [1.82, 2.24) is 15.2 Å². The molecule has 3 rings (SSSR count). The summed E-state index contributed by atoms with van der Waals surface area (Å²) in [7, 11) is 0. The number of aromatic nitrogens is 3. The summed E-state index contributed by atoms with van der Waals surface area (Å²) in [6, 6.07) is 9.68. The van der Waals surface area contributed by atoms with Crippen molar-refractivity contribution in [1.29, 1.82) is 0 Å². The van der Waals surface area contributed by atoms with Gasteiger partial charge in [0.2, 0.25) is 11.1 Å². The van der Waals surface area contributed by atoms with Crippen LogP contribution in [0.1, 0.15) is 29.8 Å². The summed E-state index contributed by atoms with van der Waals surface area (Å²) in [4.78, 5) is 28.2. The Balaban J connectivity index is 1.64. The first kappa shape index (κ1) is 19.1. The quantitative estimate of drug-likeness (QED) is 0.526. The lowest BCUT2D eigenvalue weighted by Crippen LogP contribution is -2.23. The van der Waals surface area contributed by atoms with Crippen LogP contribution in [-0.4, -0.2) is 32.2 Å². The van der Waals surface area contributed by atoms with Crippen LogP contribution in [0.3, 0.4) is 0 Å². The first-order valence-electron chi connectivity index (χ1n) is 8.34. The zero-order valence-corrected chi connectivity index (χ0v) is 16.5. The first-order chi connectivity index (χ1) is 13.0. The zero-order valence-electron chi connectivity index (χ0n) is 14.9. The fourth-order valence-corrected chi connectivity index (χ4v) is 3.87. The summed E-state index contributed by atoms with van der Waals surface area (Å²) in [5, 5.41) is 12.0. The number of primary amides is 1. The van der Waals surface area contributed by atoms with Crippen molar-refractivity contribution in [2.24, 2.45) is 5.73 Å². The number of carbonyl (C=O) groups is 2. The molecule has 2 heterocycles. The third kappa shape index (κ3) is 4.55. The maximum Gasteiger partial charge on any atom is 0.251 e. The van der Waals surface area contributed by atoms with E-state index in [-0.39, 0.29) is 5.91 Å². The summed E-state index contributed by atoms with van der Waals surface area (Å²) in [5.41, 5.74) is 7.79. The molecule has 0 aliphatic carbocycles. The monoisotopic (exact) mass is 401 g/mol. The van der Waals surface area contributed by atoms with Gasteiger partial charge < -0.3 is 11.1 Å². The number of benzene rings is 1. The van der Waals surface area contributed by atoms with Crippen molar-refractivity contribution in [3.63, 3.8) is 0 Å². The molecule has 0 aliphatic rings. The highest BCUT2D eigenvalue weighted by atomic mass is 32.2. The number of amides is 2. The number of thiophene rings is 1. The summed E-state index contributed by atoms with van der Waals surface area (Å²) < 4.78 is 0. The van der Waals surface area contributed by atoms with Crippen LogP contribution in [0.15, 0.2) is 40.9 Å². The van der Waals surface area contributed by atoms with Crippen LogP contribution < -0.4 is 11.1 Å². The summed E-state index contributed by atoms with van der Waals surface area (Å²) in [6.07, 6.45) is 0.978. The van der Waals surface area contributed by atoms with E-state index < -0.39 is 11.2 Å². The van der Waals surface area contributed by atoms with Crippen LogP contribution in [0, 0.1) is 0 Å². The zero-order chi connectivity index (χ0) is 19.4. The number of hydrogen-bond donors (Lipinski definition) is 3. The molecule has 3 aromatic rings. The third-order valence-corrected chi connectivity index (χ3v) is 5.71. The smallest absolute Gasteiger partial charge is 0.251 e. The predicted octanol–water partition coefficient (Wildman–Crippen LogP) is 3.31. The third-order valence-electron chi connectivity index (χ3n) is 3.92. The van der Waals surface area contributed by atoms with Crippen LogP contribution in [0.2, 0.25) is 0 Å². The van der Waals surface area contributed by atoms with Crippen molar-refractivity contribution in [2.45, 2.75) is 30.7 Å². The van der Waals surface area contributed by atoms with Crippen LogP contribution in [0.4, 0.5) is 5.00 Å². The standard InChI is InChI=1S/C18H19N5O2S2/c1-3-11-4-6-12(7-5-11)15-20-18(23-22-15)27-10(2)16(25)21-17-13(14(19)24)8-9-26-17/h4-10H,3H2,1-2H3,(H2,19,24)(H,21,25)(H,20,22,23)/t10-/m1/s1. The minimum absolute atomic E-state index is 0.247. The molecule has 4 N–H and O–H groups in total. The number of aryl methyl sites for hydroxylation is 1. The fourth-order valence-electron chi connectivity index (χ4n) is 2.35. The Morgan fingerprint density at radius 2 is 2.04 bits per heavy atom. The Morgan fingerprint density at radius 3 is 2.70 bits per heavy atom. The lowest BCUT2D eigenvalue weighted by atomic mass is 10.1. The number of nitrogens with one attached hydrogen (secondary N) is 2. The molecule has 1 aromatic carbocycles. The van der Waals surface area contributed by atoms with Gasteiger partial charge in [0.1, 0.15) is 5.00 Å². The van der Waals surface area contributed by atoms with Crippen LogP contribution in [0.25, 0.3) is 11.4 Å². The molecule has 0 saturated carbocycles. The van der Waals surface area contributed by atoms with Crippen molar-refractivity contribution in [3.8, 4) is 11.4 Å². The van der Waals surface area contributed by atoms with Gasteiger partial charge >= 0.3 is 0 Å². The largest absolute Gasteiger partial charge is 0.366 e. The number of nitrogens with two attached hydrogens (primary N) is 1. The van der Waals surface area contributed by atoms with E-state index >= 15 is 0 Å². The number of H-pyrrole nitrogens is 1. The minimum Gasteiger partial charge on any atom is -0.366 e. The van der Waals surface area contributed by atoms with E-state index in [1.807, 2.05) is 12.1 Å². The lowest BCUT2D eigenvalue weighted by Gasteiger charge is -2.09. The molecule has 0 bridgehead atoms. The Labute approximate surface area is 164 Å². The maximum absolute atomic E-state index is 12.4. The van der Waals surface area contributed by atoms with Gasteiger partial charge in [0.25, 0.3) is 5.91 Å². The van der Waals surface area contributed by atoms with Gasteiger partial charge in [0.05, 0.1) is 10.8 Å². The Bertz CT molecular complexity index is 949. The normalized spacial score (nSPS) is 11.9. The van der Waals surface area contributed by atoms with Crippen molar-refractivity contribution < 1.29 is 9.59 Å². The second kappa shape index (κ2) is 8.36. The number of hydrogen-bond acceptors (Lipinski definition) is 6. The van der Waals surface area contributed by atoms with E-state index in [1.165, 1.54) is 28.7 Å². The number of nitrogens with zero attached hydrogens (tertiary/aromatic N) is 2. The average Bonchev–Trinajstić information content (AvgIpc) is 3.31. The summed E-state index contributed by atoms with van der Waals surface area (Å²) in [5.74, 6) is -0.162. The SMILES string of the molecule is CCc1ccc(-c2nc(S[C@H](C)C(=O)Nc3sccc3C(N)=O)n[nH]2)cc1. The Hall–Kier alpha value is -2.65. The molecule has 0 spiro atoms. The molecule has 0 fully saturated rings. The van der Waals surface area contributed by atoms with Crippen molar-refractivity contribution in [2.75, 3.05) is 5.32 Å². The summed E-state index contributed by atoms with van der Waals surface area (Å²) >= 11 is 2.49. The molecule has 1 atom stereocenters. The Morgan fingerprint density at radius 1 is 1.30 bits per heavy atom. The minimum atomic E-state index is -0.570. The molecule has 9 heteroatoms. The van der Waals surface area contributed by atoms with Crippen LogP contribution in [-0.2, 0) is 11.2 Å². The van der Waals surface area contributed by atoms with Crippen molar-refractivity contribution in [3.05, 3.63) is 46.8 Å². The van der Waals surface area contributed by atoms with Crippen molar-refractivity contribution >= 4 is 39.9 Å². The van der Waals surface area contributed by atoms with E-state index in [0.717, 1.165) is 12.0 Å². The molecule has 27 heavy (non-hydrogen) atoms. The van der Waals surface area contributed by atoms with Crippen LogP contribution in [0.5, 0.6) is 0 Å². The second-order valence-corrected chi connectivity index (χ2v) is 8.02. The van der Waals surface area contributed by atoms with Gasteiger partial charge in [-0.3, -0.25) is 14.7 Å². The number of rotatable bonds is 7. The van der Waals surface area contributed by atoms with Crippen LogP contribution >= 0.6 is 23.1 Å². The van der Waals surface area contributed by atoms with Gasteiger partial charge in [0, 0.05) is 5.56 Å². The van der Waals surface area contributed by atoms with Gasteiger partial charge in [-0.25, -0.2) is 4.98 Å². The Kier molecular flexibility index (Phi) is 5.92. The van der Waals surface area contributed by atoms with E-state index in [4.69, 9.17) is 5.73 Å². The molecule has 0 unspecified atom stereocenters. The molecule has 140 valence electrons. The summed E-state index contributed by atoms with van der Waals surface area (Å²) in [6.45, 7) is 3.86. The number of aromatic amines is 1. The molecule has 0 saturated heterocycles. The topological polar surface area (TPSA) is 114 Å². The van der Waals surface area contributed by atoms with E-state index in [1.54, 1.807) is 18.4 Å². The first-order valence-corrected chi connectivity index (χ1v) is 10.1. The average molecular weight is 402 g/mol. The molecular formula is C18H19N5O2S2. The van der Waals surface area contributed by atoms with Gasteiger partial charge in [-0.2, -0.15) is 0 Å². The molecule has 0 aliphatic heterocycles. The predicted molar refractivity (Wildman–Crippen MR) is 108 cm³/mol. The van der Waals surface area contributed by atoms with E-state index in [2.05, 4.69) is 39.6 Å². The lowest BCUT2D eigenvalue weighted by molar-refractivity contribution is -0.115. The molecule has 0 radical (unpaired) electrons. The number of thioether (sulfide) groups is 1. The highest BCUT2D eigenvalue weighted by Gasteiger charge is 2.20. The number of anilines is 1. The molecule has 2 aromatic heterocycles. The molecular weight excluding hydrogens is 382 g/mol. The highest BCUT2D eigenvalue weighted by molar-refractivity contribution is 8.00. The van der Waals surface area contributed by atoms with E-state index in [0.29, 0.717) is 21.5 Å². The van der Waals surface area contributed by atoms with Gasteiger partial charge in [-0.15, -0.1) is 16.4 Å². The molecule has 7 nitrogen and oxygen atoms in total. The number of carbonyl (C=O) groups excluding carboxylic acids is 2. The van der Waals surface area contributed by atoms with Gasteiger partial charge in [0.15, 0.2) is 5.82 Å². The van der Waals surface area contributed by atoms with E-state index in [9.17, 15) is 9.59 Å². The highest BCUT2D eigenvalue weighted by Crippen LogP contribution is 2.26. The molecule has 2 amide bonds. The van der Waals surface area contributed by atoms with Gasteiger partial charge in [-0.05, 0) is 30.4 Å². The van der Waals surface area contributed by atoms with Gasteiger partial charge in [-0.1, -0.05) is 43.0 Å².